The Labute approximate surface area is 195 Å². The van der Waals surface area contributed by atoms with Crippen LogP contribution in [0, 0.1) is 0 Å². The fourth-order valence-corrected chi connectivity index (χ4v) is 15.6. The SMILES string of the molecule is CCCP(CCC)C1=Cc2ccccc2[CH]1[Hf+2][CH]1C=Cc2ccccc21.[Cl-].[Cl-]. The molecule has 0 spiro atoms. The van der Waals surface area contributed by atoms with E-state index in [9.17, 15) is 0 Å². The normalized spacial score (nSPS) is 18.6. The van der Waals surface area contributed by atoms with Gasteiger partial charge in [0.05, 0.1) is 0 Å². The van der Waals surface area contributed by atoms with E-state index < -0.39 is 22.9 Å². The number of fused-ring (bicyclic) bond motifs is 2. The van der Waals surface area contributed by atoms with Crippen molar-refractivity contribution in [3.63, 3.8) is 0 Å². The number of hydrogen-bond acceptors (Lipinski definition) is 0. The summed E-state index contributed by atoms with van der Waals surface area (Å²) in [7, 11) is 0.0505. The molecule has 0 saturated heterocycles. The number of benzene rings is 2. The molecule has 0 aromatic heterocycles. The minimum absolute atomic E-state index is 0. The van der Waals surface area contributed by atoms with E-state index in [2.05, 4.69) is 80.6 Å². The van der Waals surface area contributed by atoms with Crippen LogP contribution in [-0.2, 0) is 22.9 Å². The van der Waals surface area contributed by atoms with Gasteiger partial charge in [0.15, 0.2) is 0 Å². The summed E-state index contributed by atoms with van der Waals surface area (Å²) in [6.45, 7) is 4.72. The van der Waals surface area contributed by atoms with Crippen LogP contribution in [0.2, 0.25) is 0 Å². The summed E-state index contributed by atoms with van der Waals surface area (Å²) >= 11 is -0.933. The Bertz CT molecular complexity index is 840. The van der Waals surface area contributed by atoms with Crippen LogP contribution >= 0.6 is 7.92 Å². The maximum atomic E-state index is 2.61. The monoisotopic (exact) mass is 596 g/mol. The van der Waals surface area contributed by atoms with Gasteiger partial charge in [-0.15, -0.1) is 0 Å². The van der Waals surface area contributed by atoms with Crippen molar-refractivity contribution >= 4 is 20.1 Å². The molecule has 4 rings (SSSR count). The van der Waals surface area contributed by atoms with Crippen molar-refractivity contribution in [2.45, 2.75) is 34.0 Å². The van der Waals surface area contributed by atoms with Gasteiger partial charge in [-0.25, -0.2) is 0 Å². The van der Waals surface area contributed by atoms with E-state index in [0.717, 1.165) is 7.35 Å². The van der Waals surface area contributed by atoms with Gasteiger partial charge in [0, 0.05) is 0 Å². The van der Waals surface area contributed by atoms with Gasteiger partial charge in [-0.05, 0) is 0 Å². The average Bonchev–Trinajstić information content (AvgIpc) is 3.24. The minimum atomic E-state index is -0.933. The molecule has 0 aliphatic heterocycles. The van der Waals surface area contributed by atoms with E-state index in [4.69, 9.17) is 0 Å². The Kier molecular flexibility index (Phi) is 9.68. The summed E-state index contributed by atoms with van der Waals surface area (Å²) in [4.78, 5) is 0. The van der Waals surface area contributed by atoms with Crippen LogP contribution in [-0.4, -0.2) is 12.3 Å². The maximum Gasteiger partial charge on any atom is -1.00 e. The molecule has 0 heterocycles. The Morgan fingerprint density at radius 1 is 0.821 bits per heavy atom. The van der Waals surface area contributed by atoms with E-state index in [1.807, 2.05) is 5.31 Å². The zero-order valence-corrected chi connectivity index (χ0v) is 22.5. The van der Waals surface area contributed by atoms with Gasteiger partial charge in [0.2, 0.25) is 0 Å². The molecule has 0 nitrogen and oxygen atoms in total. The standard InChI is InChI=1S/C15H20P.C9H7.2ClH.Hf/c1-3-9-16(10-4-2)15-11-13-7-5-6-8-14(13)12-15;1-2-5-9-7-3-6-8(9)4-1;;;/h5-8,11-12H,3-4,9-10H2,1-2H3;1-7H;2*1H;/q;;;;+2/p-2. The number of rotatable bonds is 7. The summed E-state index contributed by atoms with van der Waals surface area (Å²) in [5, 5.41) is 1.85. The van der Waals surface area contributed by atoms with E-state index in [0.29, 0.717) is 0 Å². The van der Waals surface area contributed by atoms with Crippen molar-refractivity contribution in [3.8, 4) is 0 Å². The van der Waals surface area contributed by atoms with Crippen LogP contribution in [0.15, 0.2) is 59.9 Å². The van der Waals surface area contributed by atoms with E-state index >= 15 is 0 Å². The number of hydrogen-bond donors (Lipinski definition) is 0. The van der Waals surface area contributed by atoms with Crippen LogP contribution in [0.3, 0.4) is 0 Å². The first kappa shape index (κ1) is 24.1. The number of halogens is 2. The van der Waals surface area contributed by atoms with Gasteiger partial charge in [-0.1, -0.05) is 0 Å². The van der Waals surface area contributed by atoms with Crippen molar-refractivity contribution in [2.75, 3.05) is 12.3 Å². The van der Waals surface area contributed by atoms with Crippen LogP contribution in [0.1, 0.15) is 56.3 Å². The Balaban J connectivity index is 0.00000140. The van der Waals surface area contributed by atoms with Gasteiger partial charge >= 0.3 is 172 Å². The molecule has 2 aliphatic rings. The van der Waals surface area contributed by atoms with Crippen molar-refractivity contribution in [3.05, 3.63) is 82.2 Å². The smallest absolute Gasteiger partial charge is 1.00 e. The maximum absolute atomic E-state index is 2.61. The zero-order valence-electron chi connectivity index (χ0n) is 16.5. The van der Waals surface area contributed by atoms with E-state index in [1.165, 1.54) is 36.3 Å². The summed E-state index contributed by atoms with van der Waals surface area (Å²) in [5.41, 5.74) is 6.25. The third-order valence-corrected chi connectivity index (χ3v) is 15.9. The van der Waals surface area contributed by atoms with Crippen LogP contribution < -0.4 is 24.8 Å². The fourth-order valence-electron chi connectivity index (χ4n) is 4.24. The predicted octanol–water partition coefficient (Wildman–Crippen LogP) is 1.24. The molecular formula is C24H27Cl2HfP. The van der Waals surface area contributed by atoms with Crippen LogP contribution in [0.4, 0.5) is 0 Å². The second-order valence-electron chi connectivity index (χ2n) is 7.25. The van der Waals surface area contributed by atoms with Crippen molar-refractivity contribution in [1.82, 2.24) is 0 Å². The van der Waals surface area contributed by atoms with Crippen LogP contribution in [0.25, 0.3) is 12.2 Å². The summed E-state index contributed by atoms with van der Waals surface area (Å²) in [6.07, 6.45) is 13.0. The third-order valence-electron chi connectivity index (χ3n) is 5.40. The second-order valence-corrected chi connectivity index (χ2v) is 15.2. The molecule has 146 valence electrons. The Morgan fingerprint density at radius 2 is 1.43 bits per heavy atom. The Morgan fingerprint density at radius 3 is 2.11 bits per heavy atom. The van der Waals surface area contributed by atoms with Gasteiger partial charge in [0.25, 0.3) is 0 Å². The van der Waals surface area contributed by atoms with E-state index in [1.54, 1.807) is 11.1 Å². The molecule has 2 aromatic carbocycles. The molecule has 4 heteroatoms. The van der Waals surface area contributed by atoms with Gasteiger partial charge in [-0.2, -0.15) is 0 Å². The molecule has 0 saturated carbocycles. The molecule has 28 heavy (non-hydrogen) atoms. The van der Waals surface area contributed by atoms with Crippen molar-refractivity contribution in [2.24, 2.45) is 0 Å². The largest absolute Gasteiger partial charge is 1.00 e. The molecule has 2 aromatic rings. The summed E-state index contributed by atoms with van der Waals surface area (Å²) in [6, 6.07) is 18.3. The second kappa shape index (κ2) is 11.3. The molecule has 0 fully saturated rings. The van der Waals surface area contributed by atoms with Crippen molar-refractivity contribution in [1.29, 1.82) is 0 Å². The van der Waals surface area contributed by atoms with E-state index in [-0.39, 0.29) is 32.7 Å². The quantitative estimate of drug-likeness (QED) is 0.334. The molecule has 2 atom stereocenters. The molecule has 2 aliphatic carbocycles. The first-order chi connectivity index (χ1) is 12.8. The van der Waals surface area contributed by atoms with Crippen LogP contribution in [0.5, 0.6) is 0 Å². The van der Waals surface area contributed by atoms with Gasteiger partial charge in [-0.3, -0.25) is 0 Å². The average molecular weight is 596 g/mol. The first-order valence-electron chi connectivity index (χ1n) is 9.90. The molecule has 0 amide bonds. The summed E-state index contributed by atoms with van der Waals surface area (Å²) < 4.78 is 1.56. The molecule has 0 bridgehead atoms. The zero-order chi connectivity index (χ0) is 17.9. The molecule has 2 unspecified atom stereocenters. The number of allylic oxidation sites excluding steroid dienone is 2. The molecular weight excluding hydrogens is 569 g/mol. The molecule has 0 radical (unpaired) electrons. The summed E-state index contributed by atoms with van der Waals surface area (Å²) in [5.74, 6) is 0. The van der Waals surface area contributed by atoms with Gasteiger partial charge in [0.1, 0.15) is 0 Å². The minimum Gasteiger partial charge on any atom is -1.00 e. The Hall–Kier alpha value is -0.200. The predicted molar refractivity (Wildman–Crippen MR) is 113 cm³/mol. The fraction of sp³-hybridized carbons (Fsp3) is 0.333. The molecule has 0 N–H and O–H groups in total. The third kappa shape index (κ3) is 4.92. The topological polar surface area (TPSA) is 0 Å². The van der Waals surface area contributed by atoms with Crippen molar-refractivity contribution < 1.29 is 47.7 Å². The first-order valence-corrected chi connectivity index (χ1v) is 15.8. The van der Waals surface area contributed by atoms with Gasteiger partial charge < -0.3 is 24.8 Å².